The van der Waals surface area contributed by atoms with E-state index < -0.39 is 0 Å². The third kappa shape index (κ3) is 2.16. The normalized spacial score (nSPS) is 18.8. The molecule has 0 aromatic heterocycles. The van der Waals surface area contributed by atoms with Crippen LogP contribution >= 0.6 is 0 Å². The molecule has 78 valence electrons. The van der Waals surface area contributed by atoms with Crippen molar-refractivity contribution >= 4 is 0 Å². The summed E-state index contributed by atoms with van der Waals surface area (Å²) in [7, 11) is 1.00. The Balaban J connectivity index is 0.000000461. The molecule has 1 aliphatic carbocycles. The highest BCUT2D eigenvalue weighted by atomic mass is 16.2. The minimum Gasteiger partial charge on any atom is -0.400 e. The van der Waals surface area contributed by atoms with Crippen molar-refractivity contribution in [1.29, 1.82) is 0 Å². The van der Waals surface area contributed by atoms with Crippen molar-refractivity contribution in [1.82, 2.24) is 0 Å². The molecule has 0 bridgehead atoms. The largest absolute Gasteiger partial charge is 0.400 e. The molecule has 0 heterocycles. The quantitative estimate of drug-likeness (QED) is 0.725. The second kappa shape index (κ2) is 5.16. The number of aliphatic hydroxyl groups excluding tert-OH is 1. The van der Waals surface area contributed by atoms with Gasteiger partial charge in [-0.2, -0.15) is 0 Å². The van der Waals surface area contributed by atoms with Crippen LogP contribution in [0.4, 0.5) is 0 Å². The van der Waals surface area contributed by atoms with Gasteiger partial charge in [0.05, 0.1) is 0 Å². The van der Waals surface area contributed by atoms with E-state index in [1.165, 1.54) is 12.8 Å². The lowest BCUT2D eigenvalue weighted by molar-refractivity contribution is 0.399. The van der Waals surface area contributed by atoms with Crippen LogP contribution in [0.25, 0.3) is 0 Å². The molecule has 1 nitrogen and oxygen atoms in total. The Morgan fingerprint density at radius 3 is 2.50 bits per heavy atom. The number of aliphatic hydroxyl groups is 1. The van der Waals surface area contributed by atoms with E-state index in [2.05, 4.69) is 38.1 Å². The summed E-state index contributed by atoms with van der Waals surface area (Å²) in [4.78, 5) is 0. The lowest BCUT2D eigenvalue weighted by Gasteiger charge is -2.14. The summed E-state index contributed by atoms with van der Waals surface area (Å²) >= 11 is 0. The summed E-state index contributed by atoms with van der Waals surface area (Å²) in [6.07, 6.45) is 2.65. The molecule has 0 fully saturated rings. The van der Waals surface area contributed by atoms with Crippen LogP contribution in [0.2, 0.25) is 0 Å². The average Bonchev–Trinajstić information content (AvgIpc) is 2.64. The van der Waals surface area contributed by atoms with Crippen LogP contribution in [0, 0.1) is 5.92 Å². The minimum atomic E-state index is 0.800. The third-order valence-corrected chi connectivity index (χ3v) is 2.98. The average molecular weight is 192 g/mol. The molecular weight excluding hydrogens is 172 g/mol. The van der Waals surface area contributed by atoms with Crippen molar-refractivity contribution in [2.75, 3.05) is 7.11 Å². The van der Waals surface area contributed by atoms with Gasteiger partial charge in [0.25, 0.3) is 0 Å². The van der Waals surface area contributed by atoms with Crippen molar-refractivity contribution in [2.45, 2.75) is 32.6 Å². The van der Waals surface area contributed by atoms with Gasteiger partial charge in [0.1, 0.15) is 0 Å². The van der Waals surface area contributed by atoms with Crippen LogP contribution in [-0.4, -0.2) is 12.2 Å². The highest BCUT2D eigenvalue weighted by molar-refractivity contribution is 5.34. The number of fused-ring (bicyclic) bond motifs is 1. The van der Waals surface area contributed by atoms with Crippen LogP contribution in [-0.2, 0) is 6.42 Å². The Labute approximate surface area is 86.8 Å². The maximum Gasteiger partial charge on any atom is 0.0319 e. The van der Waals surface area contributed by atoms with Crippen molar-refractivity contribution < 1.29 is 5.11 Å². The van der Waals surface area contributed by atoms with E-state index in [9.17, 15) is 0 Å². The van der Waals surface area contributed by atoms with E-state index in [1.54, 1.807) is 11.1 Å². The van der Waals surface area contributed by atoms with E-state index in [-0.39, 0.29) is 0 Å². The second-order valence-electron chi connectivity index (χ2n) is 4.09. The predicted molar refractivity (Wildman–Crippen MR) is 60.5 cm³/mol. The lowest BCUT2D eigenvalue weighted by atomic mass is 9.90. The SMILES string of the molecule is CC(C)C1CCc2ccccc21.CO. The second-order valence-corrected chi connectivity index (χ2v) is 4.09. The van der Waals surface area contributed by atoms with Crippen LogP contribution in [0.1, 0.15) is 37.3 Å². The monoisotopic (exact) mass is 192 g/mol. The van der Waals surface area contributed by atoms with Crippen molar-refractivity contribution in [2.24, 2.45) is 5.92 Å². The van der Waals surface area contributed by atoms with Crippen LogP contribution in [0.3, 0.4) is 0 Å². The van der Waals surface area contributed by atoms with E-state index in [0.717, 1.165) is 18.9 Å². The van der Waals surface area contributed by atoms with Gasteiger partial charge in [0.2, 0.25) is 0 Å². The zero-order chi connectivity index (χ0) is 10.6. The van der Waals surface area contributed by atoms with Gasteiger partial charge in [-0.05, 0) is 35.8 Å². The standard InChI is InChI=1S/C12H16.CH4O/c1-9(2)11-8-7-10-5-3-4-6-12(10)11;1-2/h3-6,9,11H,7-8H2,1-2H3;2H,1H3. The first-order valence-electron chi connectivity index (χ1n) is 5.31. The highest BCUT2D eigenvalue weighted by Crippen LogP contribution is 2.37. The summed E-state index contributed by atoms with van der Waals surface area (Å²) in [6, 6.07) is 8.89. The van der Waals surface area contributed by atoms with Gasteiger partial charge in [0.15, 0.2) is 0 Å². The van der Waals surface area contributed by atoms with E-state index in [1.807, 2.05) is 0 Å². The minimum absolute atomic E-state index is 0.800. The zero-order valence-corrected chi connectivity index (χ0v) is 9.33. The fraction of sp³-hybridized carbons (Fsp3) is 0.538. The molecule has 1 heteroatoms. The van der Waals surface area contributed by atoms with Gasteiger partial charge in [-0.25, -0.2) is 0 Å². The molecule has 0 aliphatic heterocycles. The Morgan fingerprint density at radius 2 is 1.86 bits per heavy atom. The topological polar surface area (TPSA) is 20.2 Å². The maximum atomic E-state index is 7.00. The molecule has 1 N–H and O–H groups in total. The summed E-state index contributed by atoms with van der Waals surface area (Å²) < 4.78 is 0. The summed E-state index contributed by atoms with van der Waals surface area (Å²) in [5, 5.41) is 7.00. The molecule has 0 radical (unpaired) electrons. The molecule has 1 aromatic carbocycles. The number of benzene rings is 1. The molecule has 1 aromatic rings. The molecule has 1 unspecified atom stereocenters. The van der Waals surface area contributed by atoms with Crippen LogP contribution in [0.15, 0.2) is 24.3 Å². The maximum absolute atomic E-state index is 7.00. The fourth-order valence-electron chi connectivity index (χ4n) is 2.28. The number of hydrogen-bond donors (Lipinski definition) is 1. The van der Waals surface area contributed by atoms with Gasteiger partial charge in [-0.1, -0.05) is 38.1 Å². The zero-order valence-electron chi connectivity index (χ0n) is 9.33. The molecule has 2 rings (SSSR count). The van der Waals surface area contributed by atoms with E-state index in [0.29, 0.717) is 0 Å². The first-order chi connectivity index (χ1) is 6.79. The molecule has 0 saturated carbocycles. The van der Waals surface area contributed by atoms with Gasteiger partial charge in [0, 0.05) is 7.11 Å². The lowest BCUT2D eigenvalue weighted by Crippen LogP contribution is -2.01. The van der Waals surface area contributed by atoms with E-state index in [4.69, 9.17) is 5.11 Å². The fourth-order valence-corrected chi connectivity index (χ4v) is 2.28. The number of hydrogen-bond acceptors (Lipinski definition) is 1. The first-order valence-corrected chi connectivity index (χ1v) is 5.31. The molecular formula is C13H20O. The van der Waals surface area contributed by atoms with E-state index >= 15 is 0 Å². The Hall–Kier alpha value is -0.820. The molecule has 1 atom stereocenters. The smallest absolute Gasteiger partial charge is 0.0319 e. The number of rotatable bonds is 1. The predicted octanol–water partition coefficient (Wildman–Crippen LogP) is 2.98. The first kappa shape index (κ1) is 11.3. The van der Waals surface area contributed by atoms with Gasteiger partial charge >= 0.3 is 0 Å². The molecule has 0 amide bonds. The summed E-state index contributed by atoms with van der Waals surface area (Å²) in [6.45, 7) is 4.65. The Kier molecular flexibility index (Phi) is 4.15. The molecule has 14 heavy (non-hydrogen) atoms. The van der Waals surface area contributed by atoms with Crippen molar-refractivity contribution in [3.8, 4) is 0 Å². The van der Waals surface area contributed by atoms with Gasteiger partial charge in [-0.15, -0.1) is 0 Å². The van der Waals surface area contributed by atoms with Crippen molar-refractivity contribution in [3.63, 3.8) is 0 Å². The van der Waals surface area contributed by atoms with Gasteiger partial charge < -0.3 is 5.11 Å². The summed E-state index contributed by atoms with van der Waals surface area (Å²) in [5.74, 6) is 1.62. The Morgan fingerprint density at radius 1 is 1.21 bits per heavy atom. The molecule has 1 aliphatic rings. The summed E-state index contributed by atoms with van der Waals surface area (Å²) in [5.41, 5.74) is 3.18. The Bertz CT molecular complexity index is 278. The van der Waals surface area contributed by atoms with Crippen LogP contribution in [0.5, 0.6) is 0 Å². The third-order valence-electron chi connectivity index (χ3n) is 2.98. The number of aryl methyl sites for hydroxylation is 1. The van der Waals surface area contributed by atoms with Crippen molar-refractivity contribution in [3.05, 3.63) is 35.4 Å². The molecule has 0 spiro atoms. The molecule has 0 saturated heterocycles. The van der Waals surface area contributed by atoms with Crippen LogP contribution < -0.4 is 0 Å². The van der Waals surface area contributed by atoms with Gasteiger partial charge in [-0.3, -0.25) is 0 Å². The highest BCUT2D eigenvalue weighted by Gasteiger charge is 2.23.